The van der Waals surface area contributed by atoms with E-state index < -0.39 is 0 Å². The van der Waals surface area contributed by atoms with Gasteiger partial charge in [0.1, 0.15) is 0 Å². The minimum absolute atomic E-state index is 0.112. The zero-order valence-corrected chi connectivity index (χ0v) is 15.0. The van der Waals surface area contributed by atoms with Crippen LogP contribution in [0.15, 0.2) is 60.7 Å². The van der Waals surface area contributed by atoms with E-state index in [1.807, 2.05) is 41.3 Å². The van der Waals surface area contributed by atoms with E-state index in [0.29, 0.717) is 12.3 Å². The normalized spacial score (nSPS) is 16.8. The van der Waals surface area contributed by atoms with Crippen LogP contribution in [-0.2, 0) is 4.79 Å². The Morgan fingerprint density at radius 3 is 1.92 bits per heavy atom. The fourth-order valence-corrected chi connectivity index (χ4v) is 3.78. The van der Waals surface area contributed by atoms with Crippen molar-refractivity contribution in [3.05, 3.63) is 71.8 Å². The maximum absolute atomic E-state index is 12.9. The van der Waals surface area contributed by atoms with Gasteiger partial charge in [0.05, 0.1) is 0 Å². The molecule has 1 aliphatic heterocycles. The van der Waals surface area contributed by atoms with E-state index in [1.54, 1.807) is 0 Å². The Labute approximate surface area is 150 Å². The van der Waals surface area contributed by atoms with Crippen molar-refractivity contribution in [2.24, 2.45) is 11.7 Å². The van der Waals surface area contributed by atoms with Crippen molar-refractivity contribution in [2.75, 3.05) is 13.1 Å². The number of benzene rings is 2. The molecule has 0 radical (unpaired) electrons. The van der Waals surface area contributed by atoms with Crippen molar-refractivity contribution in [1.29, 1.82) is 0 Å². The molecule has 2 aromatic carbocycles. The highest BCUT2D eigenvalue weighted by Crippen LogP contribution is 2.29. The molecule has 1 heterocycles. The number of amides is 1. The second kappa shape index (κ2) is 8.30. The molecule has 0 spiro atoms. The van der Waals surface area contributed by atoms with Crippen LogP contribution in [0.5, 0.6) is 0 Å². The first-order valence-corrected chi connectivity index (χ1v) is 9.28. The van der Waals surface area contributed by atoms with Crippen molar-refractivity contribution in [3.63, 3.8) is 0 Å². The fourth-order valence-electron chi connectivity index (χ4n) is 3.78. The van der Waals surface area contributed by atoms with Crippen molar-refractivity contribution >= 4 is 5.91 Å². The standard InChI is InChI=1S/C22H28N2O/c1-17(23)18-12-14-24(15-13-18)22(25)16-21(19-8-4-2-5-9-19)20-10-6-3-7-11-20/h2-11,17-18,21H,12-16,23H2,1H3. The summed E-state index contributed by atoms with van der Waals surface area (Å²) in [7, 11) is 0. The van der Waals surface area contributed by atoms with Gasteiger partial charge < -0.3 is 10.6 Å². The van der Waals surface area contributed by atoms with E-state index in [-0.39, 0.29) is 17.9 Å². The molecule has 1 fully saturated rings. The number of nitrogens with zero attached hydrogens (tertiary/aromatic N) is 1. The highest BCUT2D eigenvalue weighted by molar-refractivity contribution is 5.78. The van der Waals surface area contributed by atoms with Gasteiger partial charge in [-0.2, -0.15) is 0 Å². The van der Waals surface area contributed by atoms with Crippen LogP contribution in [0.2, 0.25) is 0 Å². The van der Waals surface area contributed by atoms with Crippen LogP contribution in [0.4, 0.5) is 0 Å². The lowest BCUT2D eigenvalue weighted by Gasteiger charge is -2.34. The first kappa shape index (κ1) is 17.7. The van der Waals surface area contributed by atoms with Gasteiger partial charge >= 0.3 is 0 Å². The average Bonchev–Trinajstić information content (AvgIpc) is 2.67. The monoisotopic (exact) mass is 336 g/mol. The molecule has 0 bridgehead atoms. The van der Waals surface area contributed by atoms with Gasteiger partial charge in [-0.1, -0.05) is 60.7 Å². The van der Waals surface area contributed by atoms with E-state index in [1.165, 1.54) is 11.1 Å². The fraction of sp³-hybridized carbons (Fsp3) is 0.409. The maximum Gasteiger partial charge on any atom is 0.223 e. The van der Waals surface area contributed by atoms with E-state index in [4.69, 9.17) is 5.73 Å². The maximum atomic E-state index is 12.9. The van der Waals surface area contributed by atoms with Gasteiger partial charge in [0.2, 0.25) is 5.91 Å². The average molecular weight is 336 g/mol. The highest BCUT2D eigenvalue weighted by atomic mass is 16.2. The summed E-state index contributed by atoms with van der Waals surface area (Å²) in [5.41, 5.74) is 8.42. The summed E-state index contributed by atoms with van der Waals surface area (Å²) >= 11 is 0. The summed E-state index contributed by atoms with van der Waals surface area (Å²) < 4.78 is 0. The van der Waals surface area contributed by atoms with Gasteiger partial charge in [0.25, 0.3) is 0 Å². The van der Waals surface area contributed by atoms with Crippen molar-refractivity contribution in [2.45, 2.75) is 38.1 Å². The molecule has 3 heteroatoms. The lowest BCUT2D eigenvalue weighted by molar-refractivity contribution is -0.132. The number of nitrogens with two attached hydrogens (primary N) is 1. The minimum Gasteiger partial charge on any atom is -0.343 e. The van der Waals surface area contributed by atoms with Crippen LogP contribution in [0.25, 0.3) is 0 Å². The smallest absolute Gasteiger partial charge is 0.223 e. The third-order valence-corrected chi connectivity index (χ3v) is 5.42. The quantitative estimate of drug-likeness (QED) is 0.903. The van der Waals surface area contributed by atoms with Crippen LogP contribution in [0.3, 0.4) is 0 Å². The van der Waals surface area contributed by atoms with Crippen LogP contribution in [-0.4, -0.2) is 29.9 Å². The number of piperidine rings is 1. The number of likely N-dealkylation sites (tertiary alicyclic amines) is 1. The van der Waals surface area contributed by atoms with Gasteiger partial charge in [-0.15, -0.1) is 0 Å². The summed E-state index contributed by atoms with van der Waals surface area (Å²) in [4.78, 5) is 15.0. The molecule has 3 nitrogen and oxygen atoms in total. The molecule has 0 aromatic heterocycles. The van der Waals surface area contributed by atoms with Gasteiger partial charge in [-0.3, -0.25) is 4.79 Å². The Morgan fingerprint density at radius 1 is 1.00 bits per heavy atom. The van der Waals surface area contributed by atoms with Gasteiger partial charge in [0, 0.05) is 31.5 Å². The van der Waals surface area contributed by atoms with Crippen molar-refractivity contribution in [1.82, 2.24) is 4.90 Å². The third-order valence-electron chi connectivity index (χ3n) is 5.42. The molecule has 0 aliphatic carbocycles. The molecule has 132 valence electrons. The molecule has 1 atom stereocenters. The summed E-state index contributed by atoms with van der Waals surface area (Å²) in [6.45, 7) is 3.74. The molecule has 0 saturated carbocycles. The molecule has 1 aliphatic rings. The minimum atomic E-state index is 0.112. The SMILES string of the molecule is CC(N)C1CCN(C(=O)CC(c2ccccc2)c2ccccc2)CC1. The van der Waals surface area contributed by atoms with Crippen LogP contribution < -0.4 is 5.73 Å². The summed E-state index contributed by atoms with van der Waals surface area (Å²) in [6.07, 6.45) is 2.56. The molecular formula is C22H28N2O. The predicted molar refractivity (Wildman–Crippen MR) is 102 cm³/mol. The second-order valence-corrected chi connectivity index (χ2v) is 7.16. The number of carbonyl (C=O) groups excluding carboxylic acids is 1. The number of rotatable bonds is 5. The van der Waals surface area contributed by atoms with Crippen molar-refractivity contribution < 1.29 is 4.79 Å². The topological polar surface area (TPSA) is 46.3 Å². The van der Waals surface area contributed by atoms with E-state index in [0.717, 1.165) is 25.9 Å². The first-order chi connectivity index (χ1) is 12.1. The number of hydrogen-bond acceptors (Lipinski definition) is 2. The molecule has 1 saturated heterocycles. The third kappa shape index (κ3) is 4.49. The molecule has 2 aromatic rings. The van der Waals surface area contributed by atoms with Gasteiger partial charge in [0.15, 0.2) is 0 Å². The molecule has 25 heavy (non-hydrogen) atoms. The van der Waals surface area contributed by atoms with E-state index in [9.17, 15) is 4.79 Å². The Morgan fingerprint density at radius 2 is 1.48 bits per heavy atom. The van der Waals surface area contributed by atoms with E-state index in [2.05, 4.69) is 31.2 Å². The molecule has 1 amide bonds. The lowest BCUT2D eigenvalue weighted by Crippen LogP contribution is -2.42. The van der Waals surface area contributed by atoms with Gasteiger partial charge in [-0.05, 0) is 36.8 Å². The lowest BCUT2D eigenvalue weighted by atomic mass is 9.87. The Bertz CT molecular complexity index is 621. The molecule has 3 rings (SSSR count). The van der Waals surface area contributed by atoms with Crippen LogP contribution >= 0.6 is 0 Å². The van der Waals surface area contributed by atoms with Crippen LogP contribution in [0.1, 0.15) is 43.2 Å². The van der Waals surface area contributed by atoms with E-state index >= 15 is 0 Å². The van der Waals surface area contributed by atoms with Crippen LogP contribution in [0, 0.1) is 5.92 Å². The molecule has 1 unspecified atom stereocenters. The van der Waals surface area contributed by atoms with Crippen molar-refractivity contribution in [3.8, 4) is 0 Å². The summed E-state index contributed by atoms with van der Waals surface area (Å²) in [5, 5.41) is 0. The first-order valence-electron chi connectivity index (χ1n) is 9.28. The molecule has 2 N–H and O–H groups in total. The number of hydrogen-bond donors (Lipinski definition) is 1. The summed E-state index contributed by atoms with van der Waals surface area (Å²) in [6, 6.07) is 20.9. The Balaban J connectivity index is 1.72. The number of carbonyl (C=O) groups is 1. The largest absolute Gasteiger partial charge is 0.343 e. The molecular weight excluding hydrogens is 308 g/mol. The Kier molecular flexibility index (Phi) is 5.87. The zero-order chi connectivity index (χ0) is 17.6. The highest BCUT2D eigenvalue weighted by Gasteiger charge is 2.27. The van der Waals surface area contributed by atoms with Gasteiger partial charge in [-0.25, -0.2) is 0 Å². The second-order valence-electron chi connectivity index (χ2n) is 7.16. The Hall–Kier alpha value is -2.13. The zero-order valence-electron chi connectivity index (χ0n) is 15.0. The summed E-state index contributed by atoms with van der Waals surface area (Å²) in [5.74, 6) is 0.907. The predicted octanol–water partition coefficient (Wildman–Crippen LogP) is 3.79.